The van der Waals surface area contributed by atoms with Crippen LogP contribution in [0.5, 0.6) is 0 Å². The van der Waals surface area contributed by atoms with E-state index in [0.717, 1.165) is 31.2 Å². The summed E-state index contributed by atoms with van der Waals surface area (Å²) >= 11 is 0. The van der Waals surface area contributed by atoms with Crippen molar-refractivity contribution in [1.29, 1.82) is 0 Å². The van der Waals surface area contributed by atoms with Crippen LogP contribution in [0.25, 0.3) is 0 Å². The third kappa shape index (κ3) is 4.51. The van der Waals surface area contributed by atoms with Crippen LogP contribution < -0.4 is 5.73 Å². The van der Waals surface area contributed by atoms with E-state index in [0.29, 0.717) is 25.7 Å². The number of benzene rings is 1. The maximum atomic E-state index is 12.6. The standard InChI is InChI=1S/C19H27N3O3/c1-14(20)18(23)21-11-9-17(10-12-21)22(16-7-8-16)19(24)25-13-15-5-3-2-4-6-15/h2-6,14,16-17H,7-13,20H2,1H3. The number of amides is 2. The topological polar surface area (TPSA) is 75.9 Å². The van der Waals surface area contributed by atoms with E-state index in [9.17, 15) is 9.59 Å². The van der Waals surface area contributed by atoms with Crippen LogP contribution >= 0.6 is 0 Å². The van der Waals surface area contributed by atoms with E-state index in [4.69, 9.17) is 10.5 Å². The van der Waals surface area contributed by atoms with Crippen molar-refractivity contribution in [3.63, 3.8) is 0 Å². The Morgan fingerprint density at radius 3 is 2.32 bits per heavy atom. The fourth-order valence-corrected chi connectivity index (χ4v) is 3.40. The largest absolute Gasteiger partial charge is 0.445 e. The number of nitrogens with two attached hydrogens (primary N) is 1. The summed E-state index contributed by atoms with van der Waals surface area (Å²) in [7, 11) is 0. The van der Waals surface area contributed by atoms with E-state index in [1.54, 1.807) is 6.92 Å². The first kappa shape index (κ1) is 17.7. The maximum absolute atomic E-state index is 12.6. The van der Waals surface area contributed by atoms with Gasteiger partial charge in [-0.15, -0.1) is 0 Å². The SMILES string of the molecule is CC(N)C(=O)N1CCC(N(C(=O)OCc2ccccc2)C2CC2)CC1. The van der Waals surface area contributed by atoms with Gasteiger partial charge in [-0.1, -0.05) is 30.3 Å². The first-order valence-electron chi connectivity index (χ1n) is 9.09. The zero-order valence-electron chi connectivity index (χ0n) is 14.8. The van der Waals surface area contributed by atoms with Crippen LogP contribution in [0.15, 0.2) is 30.3 Å². The molecule has 3 rings (SSSR count). The van der Waals surface area contributed by atoms with Gasteiger partial charge in [0.2, 0.25) is 5.91 Å². The lowest BCUT2D eigenvalue weighted by Gasteiger charge is -2.38. The molecule has 0 spiro atoms. The van der Waals surface area contributed by atoms with Crippen molar-refractivity contribution >= 4 is 12.0 Å². The van der Waals surface area contributed by atoms with Gasteiger partial charge in [0.25, 0.3) is 0 Å². The highest BCUT2D eigenvalue weighted by Gasteiger charge is 2.40. The van der Waals surface area contributed by atoms with Crippen LogP contribution in [0.3, 0.4) is 0 Å². The van der Waals surface area contributed by atoms with E-state index in [1.165, 1.54) is 0 Å². The van der Waals surface area contributed by atoms with Crippen LogP contribution in [0.4, 0.5) is 4.79 Å². The van der Waals surface area contributed by atoms with Gasteiger partial charge in [0.15, 0.2) is 0 Å². The highest BCUT2D eigenvalue weighted by molar-refractivity contribution is 5.81. The Balaban J connectivity index is 1.55. The highest BCUT2D eigenvalue weighted by Crippen LogP contribution is 2.32. The molecule has 25 heavy (non-hydrogen) atoms. The number of hydrogen-bond acceptors (Lipinski definition) is 4. The number of rotatable bonds is 5. The lowest BCUT2D eigenvalue weighted by Crippen LogP contribution is -2.52. The minimum atomic E-state index is -0.466. The van der Waals surface area contributed by atoms with Crippen LogP contribution in [0.2, 0.25) is 0 Å². The average molecular weight is 345 g/mol. The molecular weight excluding hydrogens is 318 g/mol. The fraction of sp³-hybridized carbons (Fsp3) is 0.579. The Kier molecular flexibility index (Phi) is 5.58. The number of carbonyl (C=O) groups is 2. The summed E-state index contributed by atoms with van der Waals surface area (Å²) in [5, 5.41) is 0. The quantitative estimate of drug-likeness (QED) is 0.887. The van der Waals surface area contributed by atoms with Gasteiger partial charge in [0.05, 0.1) is 6.04 Å². The summed E-state index contributed by atoms with van der Waals surface area (Å²) < 4.78 is 5.54. The lowest BCUT2D eigenvalue weighted by atomic mass is 10.0. The second kappa shape index (κ2) is 7.87. The number of ether oxygens (including phenoxy) is 1. The number of hydrogen-bond donors (Lipinski definition) is 1. The Labute approximate surface area is 148 Å². The molecule has 6 nitrogen and oxygen atoms in total. The predicted molar refractivity (Wildman–Crippen MR) is 94.7 cm³/mol. The minimum Gasteiger partial charge on any atom is -0.445 e. The second-order valence-electron chi connectivity index (χ2n) is 7.02. The van der Waals surface area contributed by atoms with Crippen LogP contribution in [-0.4, -0.2) is 53.0 Å². The van der Waals surface area contributed by atoms with Crippen LogP contribution in [0.1, 0.15) is 38.2 Å². The molecule has 1 unspecified atom stereocenters. The molecule has 0 radical (unpaired) electrons. The molecule has 2 aliphatic rings. The monoisotopic (exact) mass is 345 g/mol. The number of piperidine rings is 1. The summed E-state index contributed by atoms with van der Waals surface area (Å²) in [5.74, 6) is -0.0110. The van der Waals surface area contributed by atoms with Crippen molar-refractivity contribution in [2.24, 2.45) is 5.73 Å². The van der Waals surface area contributed by atoms with Gasteiger partial charge in [0.1, 0.15) is 6.61 Å². The second-order valence-corrected chi connectivity index (χ2v) is 7.02. The van der Waals surface area contributed by atoms with Gasteiger partial charge >= 0.3 is 6.09 Å². The molecule has 1 aromatic carbocycles. The fourth-order valence-electron chi connectivity index (χ4n) is 3.40. The van der Waals surface area contributed by atoms with E-state index in [2.05, 4.69) is 0 Å². The smallest absolute Gasteiger partial charge is 0.410 e. The van der Waals surface area contributed by atoms with Gasteiger partial charge in [-0.05, 0) is 38.2 Å². The summed E-state index contributed by atoms with van der Waals surface area (Å²) in [6.07, 6.45) is 3.42. The Hall–Kier alpha value is -2.08. The van der Waals surface area contributed by atoms with Crippen LogP contribution in [0, 0.1) is 0 Å². The molecule has 2 amide bonds. The highest BCUT2D eigenvalue weighted by atomic mass is 16.6. The maximum Gasteiger partial charge on any atom is 0.410 e. The van der Waals surface area contributed by atoms with Gasteiger partial charge in [-0.25, -0.2) is 4.79 Å². The molecule has 1 aromatic rings. The predicted octanol–water partition coefficient (Wildman–Crippen LogP) is 2.13. The molecule has 136 valence electrons. The Morgan fingerprint density at radius 1 is 1.16 bits per heavy atom. The van der Waals surface area contributed by atoms with Crippen molar-refractivity contribution in [3.8, 4) is 0 Å². The van der Waals surface area contributed by atoms with Crippen molar-refractivity contribution in [2.75, 3.05) is 13.1 Å². The molecule has 2 N–H and O–H groups in total. The van der Waals surface area contributed by atoms with E-state index >= 15 is 0 Å². The van der Waals surface area contributed by atoms with Gasteiger partial charge in [-0.3, -0.25) is 4.79 Å². The summed E-state index contributed by atoms with van der Waals surface area (Å²) in [4.78, 5) is 28.4. The van der Waals surface area contributed by atoms with Crippen molar-refractivity contribution in [2.45, 2.75) is 57.3 Å². The number of carbonyl (C=O) groups excluding carboxylic acids is 2. The molecule has 1 heterocycles. The molecular formula is C19H27N3O3. The van der Waals surface area contributed by atoms with E-state index < -0.39 is 6.04 Å². The molecule has 2 fully saturated rings. The summed E-state index contributed by atoms with van der Waals surface area (Å²) in [5.41, 5.74) is 6.68. The average Bonchev–Trinajstić information content (AvgIpc) is 3.46. The Morgan fingerprint density at radius 2 is 1.76 bits per heavy atom. The summed E-state index contributed by atoms with van der Waals surface area (Å²) in [6.45, 7) is 3.32. The van der Waals surface area contributed by atoms with Crippen molar-refractivity contribution < 1.29 is 14.3 Å². The van der Waals surface area contributed by atoms with Gasteiger partial charge in [-0.2, -0.15) is 0 Å². The first-order chi connectivity index (χ1) is 12.1. The number of nitrogens with zero attached hydrogens (tertiary/aromatic N) is 2. The van der Waals surface area contributed by atoms with Crippen molar-refractivity contribution in [1.82, 2.24) is 9.80 Å². The number of likely N-dealkylation sites (tertiary alicyclic amines) is 1. The molecule has 1 saturated heterocycles. The van der Waals surface area contributed by atoms with E-state index in [1.807, 2.05) is 40.1 Å². The zero-order valence-corrected chi connectivity index (χ0v) is 14.8. The molecule has 0 bridgehead atoms. The molecule has 1 aliphatic carbocycles. The first-order valence-corrected chi connectivity index (χ1v) is 9.09. The normalized spacial score (nSPS) is 19.4. The third-order valence-electron chi connectivity index (χ3n) is 4.92. The third-order valence-corrected chi connectivity index (χ3v) is 4.92. The lowest BCUT2D eigenvalue weighted by molar-refractivity contribution is -0.133. The minimum absolute atomic E-state index is 0.0110. The molecule has 1 atom stereocenters. The van der Waals surface area contributed by atoms with Crippen molar-refractivity contribution in [3.05, 3.63) is 35.9 Å². The molecule has 0 aromatic heterocycles. The molecule has 6 heteroatoms. The van der Waals surface area contributed by atoms with Gasteiger partial charge < -0.3 is 20.3 Å². The van der Waals surface area contributed by atoms with Crippen LogP contribution in [-0.2, 0) is 16.1 Å². The molecule has 1 saturated carbocycles. The van der Waals surface area contributed by atoms with E-state index in [-0.39, 0.29) is 18.0 Å². The van der Waals surface area contributed by atoms with Gasteiger partial charge in [0, 0.05) is 25.2 Å². The Bertz CT molecular complexity index is 593. The summed E-state index contributed by atoms with van der Waals surface area (Å²) in [6, 6.07) is 9.70. The molecule has 1 aliphatic heterocycles. The zero-order chi connectivity index (χ0) is 17.8.